The first kappa shape index (κ1) is 31.6. The van der Waals surface area contributed by atoms with Gasteiger partial charge in [0.1, 0.15) is 0 Å². The summed E-state index contributed by atoms with van der Waals surface area (Å²) in [7, 11) is 0. The zero-order valence-corrected chi connectivity index (χ0v) is 29.9. The van der Waals surface area contributed by atoms with Gasteiger partial charge in [-0.2, -0.15) is 0 Å². The zero-order valence-electron chi connectivity index (χ0n) is 21.2. The van der Waals surface area contributed by atoms with Crippen LogP contribution in [0.25, 0.3) is 0 Å². The summed E-state index contributed by atoms with van der Waals surface area (Å²) in [5, 5.41) is 0. The molecule has 3 nitrogen and oxygen atoms in total. The largest absolute Gasteiger partial charge is 0.358 e. The van der Waals surface area contributed by atoms with Gasteiger partial charge in [-0.3, -0.25) is 0 Å². The van der Waals surface area contributed by atoms with Gasteiger partial charge >= 0.3 is 0 Å². The van der Waals surface area contributed by atoms with Crippen molar-refractivity contribution in [3.63, 3.8) is 0 Å². The summed E-state index contributed by atoms with van der Waals surface area (Å²) in [5.74, 6) is 0. The van der Waals surface area contributed by atoms with E-state index in [-0.39, 0.29) is 3.73 Å². The zero-order chi connectivity index (χ0) is 26.8. The lowest BCUT2D eigenvalue weighted by Gasteiger charge is -2.26. The van der Waals surface area contributed by atoms with Gasteiger partial charge in [-0.15, -0.1) is 0 Å². The van der Waals surface area contributed by atoms with Crippen molar-refractivity contribution >= 4 is 107 Å². The van der Waals surface area contributed by atoms with Gasteiger partial charge in [-0.25, -0.2) is 0 Å². The minimum Gasteiger partial charge on any atom is -0.358 e. The highest BCUT2D eigenvalue weighted by Gasteiger charge is 2.17. The van der Waals surface area contributed by atoms with E-state index in [0.717, 1.165) is 43.7 Å². The Morgan fingerprint density at radius 3 is 1.78 bits per heavy atom. The van der Waals surface area contributed by atoms with Crippen LogP contribution in [-0.4, -0.2) is 16.9 Å². The summed E-state index contributed by atoms with van der Waals surface area (Å²) < 4.78 is 11.5. The van der Waals surface area contributed by atoms with Crippen LogP contribution in [0.2, 0.25) is 0 Å². The number of nitrogens with zero attached hydrogens (tertiary/aromatic N) is 1. The number of benzene rings is 3. The molecule has 0 N–H and O–H groups in total. The van der Waals surface area contributed by atoms with E-state index < -0.39 is 0 Å². The molecule has 3 aromatic rings. The Bertz CT molecular complexity index is 1130. The van der Waals surface area contributed by atoms with Crippen LogP contribution in [-0.2, 0) is 22.3 Å². The van der Waals surface area contributed by atoms with Gasteiger partial charge < -0.3 is 14.4 Å². The molecule has 0 aliphatic rings. The Balaban J connectivity index is 1.75. The number of ether oxygens (including phenoxy) is 2. The number of hydrogen-bond donors (Lipinski definition) is 0. The van der Waals surface area contributed by atoms with E-state index in [1.165, 1.54) is 27.9 Å². The van der Waals surface area contributed by atoms with Crippen molar-refractivity contribution in [2.45, 2.75) is 43.3 Å². The Morgan fingerprint density at radius 2 is 1.30 bits per heavy atom. The quantitative estimate of drug-likeness (QED) is 0.0696. The van der Waals surface area contributed by atoms with Gasteiger partial charge in [-0.05, 0) is 195 Å². The van der Waals surface area contributed by atoms with Crippen molar-refractivity contribution in [3.05, 3.63) is 102 Å². The number of aryl methyl sites for hydroxylation is 4. The fourth-order valence-corrected chi connectivity index (χ4v) is 4.88. The van der Waals surface area contributed by atoms with Gasteiger partial charge in [0.25, 0.3) is 0 Å². The lowest BCUT2D eigenvalue weighted by atomic mass is 10.1. The first-order valence-electron chi connectivity index (χ1n) is 12.3. The molecule has 0 heterocycles. The molecule has 0 aliphatic carbocycles. The smallest absolute Gasteiger partial charge is 0.187 e. The highest BCUT2D eigenvalue weighted by Crippen LogP contribution is 2.36. The summed E-state index contributed by atoms with van der Waals surface area (Å²) in [5.41, 5.74) is 8.74. The fourth-order valence-electron chi connectivity index (χ4n) is 3.93. The number of anilines is 3. The van der Waals surface area contributed by atoms with Crippen LogP contribution in [0.15, 0.2) is 79.4 Å². The van der Waals surface area contributed by atoms with E-state index in [0.29, 0.717) is 6.61 Å². The average Bonchev–Trinajstić information content (AvgIpc) is 2.88. The van der Waals surface area contributed by atoms with E-state index in [2.05, 4.69) is 182 Å². The summed E-state index contributed by atoms with van der Waals surface area (Å²) in [6, 6.07) is 24.6. The molecule has 0 bridgehead atoms. The van der Waals surface area contributed by atoms with Crippen molar-refractivity contribution in [1.82, 2.24) is 0 Å². The lowest BCUT2D eigenvalue weighted by molar-refractivity contribution is 0.138. The van der Waals surface area contributed by atoms with Crippen LogP contribution in [0.5, 0.6) is 0 Å². The summed E-state index contributed by atoms with van der Waals surface area (Å²) in [6.07, 6.45) is 5.84. The molecule has 0 aliphatic heterocycles. The molecule has 3 aromatic carbocycles. The second kappa shape index (κ2) is 15.7. The molecule has 0 radical (unpaired) electrons. The predicted molar refractivity (Wildman–Crippen MR) is 192 cm³/mol. The van der Waals surface area contributed by atoms with Crippen molar-refractivity contribution in [2.75, 3.05) is 18.1 Å². The monoisotopic (exact) mass is 947 g/mol. The maximum absolute atomic E-state index is 5.89. The van der Waals surface area contributed by atoms with Crippen LogP contribution < -0.4 is 4.90 Å². The van der Waals surface area contributed by atoms with Gasteiger partial charge in [-0.1, -0.05) is 36.9 Å². The van der Waals surface area contributed by atoms with E-state index in [4.69, 9.17) is 9.47 Å². The Labute approximate surface area is 276 Å². The standard InChI is InChI=1S/C30H33I4NO2/c1-4-30(33,34)37-20-6-8-25-12-17-27(18-13-25)35(28-14-9-22(2)23(3)21-28)26-15-10-24(11-16-26)7-5-19-36-29(31)32/h4,9-18,21,29H,1,5-8,19-20H2,2-3H3. The van der Waals surface area contributed by atoms with Crippen molar-refractivity contribution in [1.29, 1.82) is 0 Å². The van der Waals surface area contributed by atoms with Crippen LogP contribution in [0, 0.1) is 13.8 Å². The number of rotatable bonds is 14. The average molecular weight is 947 g/mol. The van der Waals surface area contributed by atoms with Crippen LogP contribution in [0.1, 0.15) is 35.1 Å². The molecule has 0 spiro atoms. The fraction of sp³-hybridized carbons (Fsp3) is 0.333. The van der Waals surface area contributed by atoms with Crippen LogP contribution >= 0.6 is 90.4 Å². The minimum absolute atomic E-state index is 0.229. The van der Waals surface area contributed by atoms with E-state index in [1.54, 1.807) is 0 Å². The first-order valence-corrected chi connectivity index (χ1v) is 16.9. The maximum atomic E-state index is 5.89. The third-order valence-corrected chi connectivity index (χ3v) is 8.36. The molecule has 0 aromatic heterocycles. The second-order valence-corrected chi connectivity index (χ2v) is 18.8. The van der Waals surface area contributed by atoms with Crippen LogP contribution in [0.4, 0.5) is 17.1 Å². The number of alkyl halides is 4. The van der Waals surface area contributed by atoms with Crippen molar-refractivity contribution in [2.24, 2.45) is 0 Å². The Kier molecular flexibility index (Phi) is 13.4. The topological polar surface area (TPSA) is 21.7 Å². The summed E-state index contributed by atoms with van der Waals surface area (Å²) in [6.45, 7) is 9.67. The minimum atomic E-state index is -0.331. The van der Waals surface area contributed by atoms with Crippen molar-refractivity contribution in [3.8, 4) is 0 Å². The molecule has 0 unspecified atom stereocenters. The highest BCUT2D eigenvalue weighted by atomic mass is 127. The SMILES string of the molecule is C=CC(I)(I)OCCCc1ccc(N(c2ccc(CCCOC(I)I)cc2)c2ccc(C)c(C)c2)cc1. The molecule has 37 heavy (non-hydrogen) atoms. The normalized spacial score (nSPS) is 11.6. The predicted octanol–water partition coefficient (Wildman–Crippen LogP) is 10.5. The molecule has 0 saturated carbocycles. The molecule has 0 amide bonds. The van der Waals surface area contributed by atoms with E-state index in [1.807, 2.05) is 6.08 Å². The molecule has 0 saturated heterocycles. The Morgan fingerprint density at radius 1 is 0.784 bits per heavy atom. The Hall–Kier alpha value is 0.0400. The van der Waals surface area contributed by atoms with E-state index in [9.17, 15) is 0 Å². The third-order valence-electron chi connectivity index (χ3n) is 6.13. The highest BCUT2D eigenvalue weighted by molar-refractivity contribution is 14.2. The maximum Gasteiger partial charge on any atom is 0.187 e. The number of hydrogen-bond acceptors (Lipinski definition) is 3. The molecular formula is C30H33I4NO2. The van der Waals surface area contributed by atoms with Crippen molar-refractivity contribution < 1.29 is 9.47 Å². The molecule has 0 fully saturated rings. The molecule has 7 heteroatoms. The van der Waals surface area contributed by atoms with Gasteiger partial charge in [0, 0.05) is 30.3 Å². The molecule has 0 atom stereocenters. The first-order chi connectivity index (χ1) is 17.7. The summed E-state index contributed by atoms with van der Waals surface area (Å²) >= 11 is 9.11. The molecule has 198 valence electrons. The summed E-state index contributed by atoms with van der Waals surface area (Å²) in [4.78, 5) is 2.34. The number of halogens is 4. The third kappa shape index (κ3) is 10.5. The van der Waals surface area contributed by atoms with Gasteiger partial charge in [0.15, 0.2) is 3.73 Å². The van der Waals surface area contributed by atoms with E-state index >= 15 is 0 Å². The van der Waals surface area contributed by atoms with Crippen LogP contribution in [0.3, 0.4) is 0 Å². The van der Waals surface area contributed by atoms with Gasteiger partial charge in [0.2, 0.25) is 0 Å². The molecule has 3 rings (SSSR count). The lowest BCUT2D eigenvalue weighted by Crippen LogP contribution is -2.13. The second-order valence-electron chi connectivity index (χ2n) is 8.89. The molecular weight excluding hydrogens is 914 g/mol. The van der Waals surface area contributed by atoms with Gasteiger partial charge in [0.05, 0.1) is 0 Å².